The van der Waals surface area contributed by atoms with Gasteiger partial charge in [0, 0.05) is 30.3 Å². The first-order valence-electron chi connectivity index (χ1n) is 9.15. The van der Waals surface area contributed by atoms with Crippen LogP contribution in [0.3, 0.4) is 0 Å². The molecule has 5 heteroatoms. The smallest absolute Gasteiger partial charge is 0.166 e. The summed E-state index contributed by atoms with van der Waals surface area (Å²) >= 11 is 5.95. The molecule has 0 amide bonds. The van der Waals surface area contributed by atoms with Crippen LogP contribution < -0.4 is 14.8 Å². The van der Waals surface area contributed by atoms with Crippen molar-refractivity contribution in [3.8, 4) is 11.5 Å². The third-order valence-electron chi connectivity index (χ3n) is 3.82. The van der Waals surface area contributed by atoms with Crippen molar-refractivity contribution in [1.82, 2.24) is 5.32 Å². The SMILES string of the molecule is CCOCCCNCc1cccc(OCC)c1OCc1ccc(Cl)cc1. The van der Waals surface area contributed by atoms with Crippen molar-refractivity contribution < 1.29 is 14.2 Å². The molecule has 26 heavy (non-hydrogen) atoms. The Morgan fingerprint density at radius 1 is 0.962 bits per heavy atom. The molecule has 2 aromatic carbocycles. The number of hydrogen-bond donors (Lipinski definition) is 1. The first kappa shape index (κ1) is 20.6. The predicted molar refractivity (Wildman–Crippen MR) is 106 cm³/mol. The molecule has 0 bridgehead atoms. The maximum absolute atomic E-state index is 6.11. The Balaban J connectivity index is 1.99. The summed E-state index contributed by atoms with van der Waals surface area (Å²) in [5.41, 5.74) is 2.15. The molecule has 0 fully saturated rings. The minimum Gasteiger partial charge on any atom is -0.490 e. The molecule has 0 aromatic heterocycles. The lowest BCUT2D eigenvalue weighted by molar-refractivity contribution is 0.144. The van der Waals surface area contributed by atoms with Gasteiger partial charge < -0.3 is 19.5 Å². The summed E-state index contributed by atoms with van der Waals surface area (Å²) in [5, 5.41) is 4.17. The molecule has 142 valence electrons. The predicted octanol–water partition coefficient (Wildman–Crippen LogP) is 4.83. The van der Waals surface area contributed by atoms with Crippen LogP contribution in [0.5, 0.6) is 11.5 Å². The van der Waals surface area contributed by atoms with E-state index in [1.807, 2.05) is 50.2 Å². The largest absolute Gasteiger partial charge is 0.490 e. The van der Waals surface area contributed by atoms with E-state index < -0.39 is 0 Å². The van der Waals surface area contributed by atoms with Gasteiger partial charge in [-0.05, 0) is 50.6 Å². The molecular weight excluding hydrogens is 350 g/mol. The number of para-hydroxylation sites is 1. The van der Waals surface area contributed by atoms with Gasteiger partial charge in [-0.1, -0.05) is 35.9 Å². The van der Waals surface area contributed by atoms with Crippen LogP contribution in [0.2, 0.25) is 5.02 Å². The highest BCUT2D eigenvalue weighted by Gasteiger charge is 2.11. The summed E-state index contributed by atoms with van der Waals surface area (Å²) in [5.74, 6) is 1.57. The topological polar surface area (TPSA) is 39.7 Å². The van der Waals surface area contributed by atoms with Crippen LogP contribution in [0.4, 0.5) is 0 Å². The average Bonchev–Trinajstić information content (AvgIpc) is 2.65. The second kappa shape index (κ2) is 11.8. The maximum Gasteiger partial charge on any atom is 0.166 e. The molecule has 0 atom stereocenters. The molecule has 0 unspecified atom stereocenters. The van der Waals surface area contributed by atoms with Gasteiger partial charge in [0.15, 0.2) is 11.5 Å². The van der Waals surface area contributed by atoms with E-state index in [2.05, 4.69) is 11.4 Å². The number of benzene rings is 2. The normalized spacial score (nSPS) is 10.7. The summed E-state index contributed by atoms with van der Waals surface area (Å²) in [6, 6.07) is 13.7. The van der Waals surface area contributed by atoms with Crippen molar-refractivity contribution in [2.45, 2.75) is 33.4 Å². The fourth-order valence-electron chi connectivity index (χ4n) is 2.54. The number of nitrogens with one attached hydrogen (secondary N) is 1. The molecule has 0 radical (unpaired) electrons. The third kappa shape index (κ3) is 6.87. The van der Waals surface area contributed by atoms with Gasteiger partial charge in [0.1, 0.15) is 6.61 Å². The van der Waals surface area contributed by atoms with E-state index in [1.165, 1.54) is 0 Å². The zero-order chi connectivity index (χ0) is 18.6. The molecule has 1 N–H and O–H groups in total. The lowest BCUT2D eigenvalue weighted by Gasteiger charge is -2.16. The van der Waals surface area contributed by atoms with Crippen molar-refractivity contribution in [3.63, 3.8) is 0 Å². The van der Waals surface area contributed by atoms with Gasteiger partial charge in [-0.15, -0.1) is 0 Å². The van der Waals surface area contributed by atoms with E-state index in [1.54, 1.807) is 0 Å². The monoisotopic (exact) mass is 377 g/mol. The van der Waals surface area contributed by atoms with Crippen LogP contribution in [0, 0.1) is 0 Å². The molecule has 0 heterocycles. The van der Waals surface area contributed by atoms with Gasteiger partial charge in [0.25, 0.3) is 0 Å². The fourth-order valence-corrected chi connectivity index (χ4v) is 2.66. The van der Waals surface area contributed by atoms with E-state index in [0.29, 0.717) is 13.2 Å². The van der Waals surface area contributed by atoms with E-state index in [9.17, 15) is 0 Å². The number of hydrogen-bond acceptors (Lipinski definition) is 4. The zero-order valence-corrected chi connectivity index (χ0v) is 16.3. The van der Waals surface area contributed by atoms with Crippen LogP contribution in [0.1, 0.15) is 31.4 Å². The van der Waals surface area contributed by atoms with E-state index in [0.717, 1.165) is 60.4 Å². The Labute approximate surface area is 161 Å². The Hall–Kier alpha value is -1.75. The van der Waals surface area contributed by atoms with Crippen molar-refractivity contribution >= 4 is 11.6 Å². The van der Waals surface area contributed by atoms with Gasteiger partial charge in [0.2, 0.25) is 0 Å². The minimum absolute atomic E-state index is 0.471. The highest BCUT2D eigenvalue weighted by atomic mass is 35.5. The molecule has 0 aliphatic rings. The Bertz CT molecular complexity index is 646. The molecule has 2 rings (SSSR count). The van der Waals surface area contributed by atoms with Crippen LogP contribution in [-0.2, 0) is 17.9 Å². The molecule has 0 aliphatic carbocycles. The van der Waals surface area contributed by atoms with Crippen LogP contribution in [-0.4, -0.2) is 26.4 Å². The standard InChI is InChI=1S/C21H28ClNO3/c1-3-24-14-6-13-23-15-18-7-5-8-20(25-4-2)21(18)26-16-17-9-11-19(22)12-10-17/h5,7-12,23H,3-4,6,13-16H2,1-2H3. The van der Waals surface area contributed by atoms with Gasteiger partial charge in [-0.3, -0.25) is 0 Å². The lowest BCUT2D eigenvalue weighted by atomic mass is 10.1. The molecular formula is C21H28ClNO3. The van der Waals surface area contributed by atoms with Gasteiger partial charge in [0.05, 0.1) is 6.61 Å². The minimum atomic E-state index is 0.471. The maximum atomic E-state index is 6.11. The molecule has 0 saturated carbocycles. The quantitative estimate of drug-likeness (QED) is 0.537. The van der Waals surface area contributed by atoms with Gasteiger partial charge >= 0.3 is 0 Å². The van der Waals surface area contributed by atoms with E-state index in [-0.39, 0.29) is 0 Å². The first-order chi connectivity index (χ1) is 12.7. The number of ether oxygens (including phenoxy) is 3. The number of halogens is 1. The molecule has 4 nitrogen and oxygen atoms in total. The van der Waals surface area contributed by atoms with Crippen molar-refractivity contribution in [3.05, 3.63) is 58.6 Å². The van der Waals surface area contributed by atoms with Crippen LogP contribution in [0.25, 0.3) is 0 Å². The third-order valence-corrected chi connectivity index (χ3v) is 4.07. The average molecular weight is 378 g/mol. The molecule has 0 aliphatic heterocycles. The fraction of sp³-hybridized carbons (Fsp3) is 0.429. The zero-order valence-electron chi connectivity index (χ0n) is 15.6. The van der Waals surface area contributed by atoms with E-state index >= 15 is 0 Å². The van der Waals surface area contributed by atoms with Gasteiger partial charge in [-0.25, -0.2) is 0 Å². The summed E-state index contributed by atoms with van der Waals surface area (Å²) < 4.78 is 17.2. The van der Waals surface area contributed by atoms with Gasteiger partial charge in [-0.2, -0.15) is 0 Å². The highest BCUT2D eigenvalue weighted by Crippen LogP contribution is 2.32. The Morgan fingerprint density at radius 2 is 1.77 bits per heavy atom. The summed E-state index contributed by atoms with van der Waals surface area (Å²) in [7, 11) is 0. The van der Waals surface area contributed by atoms with E-state index in [4.69, 9.17) is 25.8 Å². The van der Waals surface area contributed by atoms with Crippen molar-refractivity contribution in [2.75, 3.05) is 26.4 Å². The lowest BCUT2D eigenvalue weighted by Crippen LogP contribution is -2.17. The number of rotatable bonds is 12. The molecule has 0 spiro atoms. The highest BCUT2D eigenvalue weighted by molar-refractivity contribution is 6.30. The van der Waals surface area contributed by atoms with Crippen LogP contribution >= 0.6 is 11.6 Å². The molecule has 2 aromatic rings. The summed E-state index contributed by atoms with van der Waals surface area (Å²) in [4.78, 5) is 0. The second-order valence-electron chi connectivity index (χ2n) is 5.82. The first-order valence-corrected chi connectivity index (χ1v) is 9.52. The summed E-state index contributed by atoms with van der Waals surface area (Å²) in [6.07, 6.45) is 0.986. The Kier molecular flexibility index (Phi) is 9.32. The Morgan fingerprint density at radius 3 is 2.50 bits per heavy atom. The summed E-state index contributed by atoms with van der Waals surface area (Å²) in [6.45, 7) is 8.22. The van der Waals surface area contributed by atoms with Crippen molar-refractivity contribution in [2.24, 2.45) is 0 Å². The van der Waals surface area contributed by atoms with Crippen LogP contribution in [0.15, 0.2) is 42.5 Å². The second-order valence-corrected chi connectivity index (χ2v) is 6.26. The van der Waals surface area contributed by atoms with Crippen molar-refractivity contribution in [1.29, 1.82) is 0 Å². The molecule has 0 saturated heterocycles.